The van der Waals surface area contributed by atoms with Gasteiger partial charge in [0.05, 0.1) is 17.1 Å². The van der Waals surface area contributed by atoms with E-state index in [4.69, 9.17) is 5.73 Å². The van der Waals surface area contributed by atoms with Crippen LogP contribution >= 0.6 is 0 Å². The van der Waals surface area contributed by atoms with E-state index in [0.29, 0.717) is 23.5 Å². The molecule has 7 nitrogen and oxygen atoms in total. The fourth-order valence-corrected chi connectivity index (χ4v) is 3.68. The van der Waals surface area contributed by atoms with Gasteiger partial charge in [-0.05, 0) is 11.5 Å². The van der Waals surface area contributed by atoms with E-state index in [1.807, 2.05) is 36.4 Å². The number of nitrogens with zero attached hydrogens (tertiary/aromatic N) is 3. The highest BCUT2D eigenvalue weighted by Crippen LogP contribution is 2.46. The summed E-state index contributed by atoms with van der Waals surface area (Å²) in [7, 11) is 0. The zero-order chi connectivity index (χ0) is 17.3. The van der Waals surface area contributed by atoms with Gasteiger partial charge >= 0.3 is 12.1 Å². The smallest absolute Gasteiger partial charge is 0.340 e. The SMILES string of the molecule is NC(=O)N1C=C2CC1=C1C(=O)N(c3cccc4ccccc34)C(=O)N21. The molecule has 3 aliphatic rings. The van der Waals surface area contributed by atoms with E-state index < -0.39 is 18.0 Å². The van der Waals surface area contributed by atoms with Crippen molar-refractivity contribution in [3.8, 4) is 0 Å². The highest BCUT2D eigenvalue weighted by molar-refractivity contribution is 6.30. The van der Waals surface area contributed by atoms with Gasteiger partial charge < -0.3 is 5.73 Å². The first-order chi connectivity index (χ1) is 12.1. The second-order valence-electron chi connectivity index (χ2n) is 6.06. The number of benzene rings is 2. The monoisotopic (exact) mass is 332 g/mol. The number of amides is 5. The number of carbonyl (C=O) groups excluding carboxylic acids is 3. The van der Waals surface area contributed by atoms with Crippen molar-refractivity contribution < 1.29 is 14.4 Å². The maximum atomic E-state index is 13.0. The van der Waals surface area contributed by atoms with E-state index in [2.05, 4.69) is 0 Å². The average Bonchev–Trinajstić information content (AvgIpc) is 3.26. The van der Waals surface area contributed by atoms with Gasteiger partial charge in [-0.25, -0.2) is 14.5 Å². The summed E-state index contributed by atoms with van der Waals surface area (Å²) in [5.41, 5.74) is 7.14. The molecule has 3 heterocycles. The van der Waals surface area contributed by atoms with Gasteiger partial charge in [-0.1, -0.05) is 36.4 Å². The third-order valence-electron chi connectivity index (χ3n) is 4.73. The molecule has 2 aromatic carbocycles. The fraction of sp³-hybridized carbons (Fsp3) is 0.0556. The van der Waals surface area contributed by atoms with E-state index in [0.717, 1.165) is 15.7 Å². The first-order valence-corrected chi connectivity index (χ1v) is 7.77. The minimum absolute atomic E-state index is 0.217. The molecule has 2 bridgehead atoms. The summed E-state index contributed by atoms with van der Waals surface area (Å²) >= 11 is 0. The van der Waals surface area contributed by atoms with Crippen LogP contribution in [-0.4, -0.2) is 27.8 Å². The van der Waals surface area contributed by atoms with Crippen LogP contribution in [-0.2, 0) is 4.79 Å². The lowest BCUT2D eigenvalue weighted by Gasteiger charge is -2.19. The Kier molecular flexibility index (Phi) is 2.47. The Balaban J connectivity index is 1.69. The molecule has 7 heteroatoms. The van der Waals surface area contributed by atoms with Crippen LogP contribution in [0.4, 0.5) is 15.3 Å². The van der Waals surface area contributed by atoms with E-state index in [1.165, 1.54) is 16.0 Å². The highest BCUT2D eigenvalue weighted by atomic mass is 16.2. The van der Waals surface area contributed by atoms with Crippen molar-refractivity contribution in [2.24, 2.45) is 5.73 Å². The number of hydrogen-bond donors (Lipinski definition) is 1. The maximum Gasteiger partial charge on any atom is 0.340 e. The summed E-state index contributed by atoms with van der Waals surface area (Å²) in [4.78, 5) is 41.2. The Morgan fingerprint density at radius 1 is 1.00 bits per heavy atom. The Morgan fingerprint density at radius 3 is 2.56 bits per heavy atom. The van der Waals surface area contributed by atoms with Crippen molar-refractivity contribution >= 4 is 34.4 Å². The minimum Gasteiger partial charge on any atom is -0.351 e. The van der Waals surface area contributed by atoms with E-state index >= 15 is 0 Å². The molecule has 0 unspecified atom stereocenters. The molecule has 5 amide bonds. The van der Waals surface area contributed by atoms with Crippen LogP contribution in [0.1, 0.15) is 6.42 Å². The lowest BCUT2D eigenvalue weighted by molar-refractivity contribution is -0.114. The van der Waals surface area contributed by atoms with E-state index in [-0.39, 0.29) is 5.70 Å². The van der Waals surface area contributed by atoms with Crippen molar-refractivity contribution in [3.63, 3.8) is 0 Å². The van der Waals surface area contributed by atoms with Crippen molar-refractivity contribution in [2.45, 2.75) is 6.42 Å². The summed E-state index contributed by atoms with van der Waals surface area (Å²) in [6, 6.07) is 11.9. The van der Waals surface area contributed by atoms with Gasteiger partial charge in [0.15, 0.2) is 0 Å². The normalized spacial score (nSPS) is 18.6. The standard InChI is InChI=1S/C18H12N4O3/c19-17(24)20-9-11-8-14(20)15-16(23)22(18(25)21(11)15)13-7-3-5-10-4-1-2-6-12(10)13/h1-7,9H,8H2,(H2,19,24). The van der Waals surface area contributed by atoms with Crippen LogP contribution in [0.2, 0.25) is 0 Å². The predicted molar refractivity (Wildman–Crippen MR) is 89.8 cm³/mol. The molecule has 0 aromatic heterocycles. The fourth-order valence-electron chi connectivity index (χ4n) is 3.68. The molecule has 1 fully saturated rings. The lowest BCUT2D eigenvalue weighted by Crippen LogP contribution is -2.33. The first-order valence-electron chi connectivity index (χ1n) is 7.77. The molecule has 3 aliphatic heterocycles. The molecular formula is C18H12N4O3. The van der Waals surface area contributed by atoms with E-state index in [9.17, 15) is 14.4 Å². The van der Waals surface area contributed by atoms with Gasteiger partial charge in [0, 0.05) is 18.0 Å². The third-order valence-corrected chi connectivity index (χ3v) is 4.73. The number of rotatable bonds is 1. The second kappa shape index (κ2) is 4.47. The van der Waals surface area contributed by atoms with Crippen LogP contribution in [0.5, 0.6) is 0 Å². The predicted octanol–water partition coefficient (Wildman–Crippen LogP) is 2.46. The maximum absolute atomic E-state index is 13.0. The van der Waals surface area contributed by atoms with Crippen molar-refractivity contribution in [3.05, 3.63) is 65.8 Å². The van der Waals surface area contributed by atoms with Gasteiger partial charge in [0.1, 0.15) is 5.70 Å². The summed E-state index contributed by atoms with van der Waals surface area (Å²) in [5, 5.41) is 1.75. The molecule has 0 saturated carbocycles. The molecule has 0 radical (unpaired) electrons. The van der Waals surface area contributed by atoms with E-state index in [1.54, 1.807) is 6.07 Å². The number of primary amides is 1. The molecule has 0 atom stereocenters. The number of carbonyl (C=O) groups is 3. The van der Waals surface area contributed by atoms with Crippen LogP contribution < -0.4 is 10.6 Å². The molecule has 0 spiro atoms. The van der Waals surface area contributed by atoms with Gasteiger partial charge in [-0.3, -0.25) is 14.6 Å². The number of imide groups is 1. The molecule has 2 N–H and O–H groups in total. The molecule has 25 heavy (non-hydrogen) atoms. The summed E-state index contributed by atoms with van der Waals surface area (Å²) < 4.78 is 0. The third kappa shape index (κ3) is 1.61. The van der Waals surface area contributed by atoms with Crippen LogP contribution in [0.25, 0.3) is 10.8 Å². The summed E-state index contributed by atoms with van der Waals surface area (Å²) in [5.74, 6) is -0.439. The molecule has 1 saturated heterocycles. The Hall–Kier alpha value is -3.61. The molecule has 2 aromatic rings. The van der Waals surface area contributed by atoms with Crippen molar-refractivity contribution in [2.75, 3.05) is 4.90 Å². The topological polar surface area (TPSA) is 87.0 Å². The zero-order valence-electron chi connectivity index (χ0n) is 13.0. The van der Waals surface area contributed by atoms with Crippen LogP contribution in [0, 0.1) is 0 Å². The molecule has 122 valence electrons. The summed E-state index contributed by atoms with van der Waals surface area (Å²) in [6.07, 6.45) is 1.87. The van der Waals surface area contributed by atoms with Crippen molar-refractivity contribution in [1.29, 1.82) is 0 Å². The average molecular weight is 332 g/mol. The summed E-state index contributed by atoms with van der Waals surface area (Å²) in [6.45, 7) is 0. The number of fused-ring (bicyclic) bond motifs is 5. The Labute approximate surface area is 142 Å². The van der Waals surface area contributed by atoms with Crippen LogP contribution in [0.3, 0.4) is 0 Å². The molecule has 0 aliphatic carbocycles. The number of urea groups is 2. The van der Waals surface area contributed by atoms with Crippen LogP contribution in [0.15, 0.2) is 65.8 Å². The van der Waals surface area contributed by atoms with Crippen molar-refractivity contribution in [1.82, 2.24) is 9.80 Å². The number of anilines is 1. The zero-order valence-corrected chi connectivity index (χ0v) is 13.0. The van der Waals surface area contributed by atoms with Gasteiger partial charge in [-0.2, -0.15) is 0 Å². The molecular weight excluding hydrogens is 320 g/mol. The van der Waals surface area contributed by atoms with Gasteiger partial charge in [0.2, 0.25) is 0 Å². The first kappa shape index (κ1) is 13.8. The number of hydrogen-bond acceptors (Lipinski definition) is 3. The minimum atomic E-state index is -0.666. The number of nitrogens with two attached hydrogens (primary N) is 1. The highest BCUT2D eigenvalue weighted by Gasteiger charge is 2.53. The lowest BCUT2D eigenvalue weighted by atomic mass is 10.1. The second-order valence-corrected chi connectivity index (χ2v) is 6.06. The molecule has 5 rings (SSSR count). The Bertz CT molecular complexity index is 1060. The van der Waals surface area contributed by atoms with Gasteiger partial charge in [-0.15, -0.1) is 0 Å². The quantitative estimate of drug-likeness (QED) is 0.814. The largest absolute Gasteiger partial charge is 0.351 e. The Morgan fingerprint density at radius 2 is 1.76 bits per heavy atom. The van der Waals surface area contributed by atoms with Gasteiger partial charge in [0.25, 0.3) is 5.91 Å².